The molecule has 1 aliphatic heterocycles. The third-order valence-electron chi connectivity index (χ3n) is 3.44. The Morgan fingerprint density at radius 2 is 1.89 bits per heavy atom. The van der Waals surface area contributed by atoms with Gasteiger partial charge in [-0.1, -0.05) is 0 Å². The van der Waals surface area contributed by atoms with Gasteiger partial charge in [-0.25, -0.2) is 4.79 Å². The molecular formula is C13H18N2O4. The lowest BCUT2D eigenvalue weighted by Gasteiger charge is -2.20. The number of aromatic carboxylic acids is 1. The van der Waals surface area contributed by atoms with E-state index in [0.717, 1.165) is 5.69 Å². The van der Waals surface area contributed by atoms with E-state index in [9.17, 15) is 4.79 Å². The number of methoxy groups -OCH3 is 2. The van der Waals surface area contributed by atoms with Crippen molar-refractivity contribution in [2.24, 2.45) is 0 Å². The van der Waals surface area contributed by atoms with Crippen molar-refractivity contribution in [1.29, 1.82) is 0 Å². The molecule has 6 heteroatoms. The summed E-state index contributed by atoms with van der Waals surface area (Å²) in [5, 5.41) is 8.92. The van der Waals surface area contributed by atoms with E-state index < -0.39 is 5.97 Å². The lowest BCUT2D eigenvalue weighted by atomic mass is 10.1. The highest BCUT2D eigenvalue weighted by molar-refractivity contribution is 5.90. The third kappa shape index (κ3) is 2.64. The predicted octanol–water partition coefficient (Wildman–Crippen LogP) is 0.817. The predicted molar refractivity (Wildman–Crippen MR) is 71.6 cm³/mol. The number of nitrogens with two attached hydrogens (primary N) is 1. The van der Waals surface area contributed by atoms with Crippen LogP contribution in [0.1, 0.15) is 10.4 Å². The molecule has 1 fully saturated rings. The molecule has 19 heavy (non-hydrogen) atoms. The number of hydrogen-bond acceptors (Lipinski definition) is 5. The van der Waals surface area contributed by atoms with Crippen LogP contribution in [0, 0.1) is 0 Å². The minimum Gasteiger partial charge on any atom is -0.478 e. The van der Waals surface area contributed by atoms with E-state index in [1.165, 1.54) is 6.07 Å². The second kappa shape index (κ2) is 5.46. The maximum Gasteiger partial charge on any atom is 0.335 e. The van der Waals surface area contributed by atoms with Crippen LogP contribution in [0.25, 0.3) is 0 Å². The second-order valence-corrected chi connectivity index (χ2v) is 4.53. The molecule has 0 spiro atoms. The Labute approximate surface area is 111 Å². The number of nitrogens with zero attached hydrogens (tertiary/aromatic N) is 1. The molecule has 0 aromatic heterocycles. The molecule has 1 aromatic carbocycles. The fourth-order valence-corrected chi connectivity index (χ4v) is 2.37. The van der Waals surface area contributed by atoms with Crippen molar-refractivity contribution in [2.45, 2.75) is 12.2 Å². The zero-order valence-electron chi connectivity index (χ0n) is 11.0. The highest BCUT2D eigenvalue weighted by Crippen LogP contribution is 2.29. The Kier molecular flexibility index (Phi) is 3.92. The summed E-state index contributed by atoms with van der Waals surface area (Å²) in [5.41, 5.74) is 7.38. The van der Waals surface area contributed by atoms with Gasteiger partial charge in [0, 0.05) is 27.3 Å². The van der Waals surface area contributed by atoms with Gasteiger partial charge < -0.3 is 25.2 Å². The Morgan fingerprint density at radius 1 is 1.32 bits per heavy atom. The maximum absolute atomic E-state index is 10.9. The highest BCUT2D eigenvalue weighted by atomic mass is 16.5. The number of rotatable bonds is 4. The van der Waals surface area contributed by atoms with Crippen LogP contribution in [-0.2, 0) is 9.47 Å². The van der Waals surface area contributed by atoms with E-state index in [1.54, 1.807) is 26.4 Å². The SMILES string of the molecule is COC1CN(c2ccc(C(=O)O)cc2N)CC1OC. The molecule has 2 rings (SSSR count). The molecule has 6 nitrogen and oxygen atoms in total. The summed E-state index contributed by atoms with van der Waals surface area (Å²) in [6.45, 7) is 1.34. The van der Waals surface area contributed by atoms with Gasteiger partial charge >= 0.3 is 5.97 Å². The lowest BCUT2D eigenvalue weighted by molar-refractivity contribution is -0.00461. The molecular weight excluding hydrogens is 248 g/mol. The molecule has 1 heterocycles. The molecule has 3 N–H and O–H groups in total. The molecule has 104 valence electrons. The van der Waals surface area contributed by atoms with Crippen LogP contribution in [0.4, 0.5) is 11.4 Å². The number of anilines is 2. The molecule has 0 amide bonds. The van der Waals surface area contributed by atoms with Crippen molar-refractivity contribution in [2.75, 3.05) is 37.9 Å². The maximum atomic E-state index is 10.9. The fraction of sp³-hybridized carbons (Fsp3) is 0.462. The molecule has 1 aromatic rings. The largest absolute Gasteiger partial charge is 0.478 e. The van der Waals surface area contributed by atoms with Crippen LogP contribution in [0.3, 0.4) is 0 Å². The molecule has 1 saturated heterocycles. The van der Waals surface area contributed by atoms with Gasteiger partial charge in [-0.15, -0.1) is 0 Å². The van der Waals surface area contributed by atoms with Gasteiger partial charge in [0.25, 0.3) is 0 Å². The average Bonchev–Trinajstić information content (AvgIpc) is 2.81. The molecule has 0 radical (unpaired) electrons. The van der Waals surface area contributed by atoms with Gasteiger partial charge in [0.05, 0.1) is 16.9 Å². The summed E-state index contributed by atoms with van der Waals surface area (Å²) in [4.78, 5) is 12.9. The summed E-state index contributed by atoms with van der Waals surface area (Å²) in [6, 6.07) is 4.75. The van der Waals surface area contributed by atoms with Gasteiger partial charge in [0.2, 0.25) is 0 Å². The van der Waals surface area contributed by atoms with Gasteiger partial charge in [-0.2, -0.15) is 0 Å². The summed E-state index contributed by atoms with van der Waals surface area (Å²) < 4.78 is 10.7. The van der Waals surface area contributed by atoms with Crippen LogP contribution in [0.15, 0.2) is 18.2 Å². The normalized spacial score (nSPS) is 22.7. The van der Waals surface area contributed by atoms with Crippen molar-refractivity contribution in [3.05, 3.63) is 23.8 Å². The van der Waals surface area contributed by atoms with E-state index in [0.29, 0.717) is 18.8 Å². The summed E-state index contributed by atoms with van der Waals surface area (Å²) in [6.07, 6.45) is -0.0212. The lowest BCUT2D eigenvalue weighted by Crippen LogP contribution is -2.27. The van der Waals surface area contributed by atoms with E-state index in [-0.39, 0.29) is 17.8 Å². The number of hydrogen-bond donors (Lipinski definition) is 2. The van der Waals surface area contributed by atoms with Crippen LogP contribution in [0.5, 0.6) is 0 Å². The van der Waals surface area contributed by atoms with Crippen LogP contribution in [0.2, 0.25) is 0 Å². The standard InChI is InChI=1S/C13H18N2O4/c1-18-11-6-15(7-12(11)19-2)10-4-3-8(13(16)17)5-9(10)14/h3-5,11-12H,6-7,14H2,1-2H3,(H,16,17). The van der Waals surface area contributed by atoms with Crippen molar-refractivity contribution >= 4 is 17.3 Å². The zero-order valence-corrected chi connectivity index (χ0v) is 11.0. The van der Waals surface area contributed by atoms with Crippen molar-refractivity contribution in [1.82, 2.24) is 0 Å². The van der Waals surface area contributed by atoms with Crippen LogP contribution in [-0.4, -0.2) is 50.6 Å². The fourth-order valence-electron chi connectivity index (χ4n) is 2.37. The number of ether oxygens (including phenoxy) is 2. The van der Waals surface area contributed by atoms with E-state index in [2.05, 4.69) is 0 Å². The third-order valence-corrected chi connectivity index (χ3v) is 3.44. The quantitative estimate of drug-likeness (QED) is 0.785. The topological polar surface area (TPSA) is 85.0 Å². The Hall–Kier alpha value is -1.79. The Balaban J connectivity index is 2.21. The number of carboxylic acid groups (broad SMARTS) is 1. The van der Waals surface area contributed by atoms with Crippen LogP contribution >= 0.6 is 0 Å². The zero-order chi connectivity index (χ0) is 14.0. The smallest absolute Gasteiger partial charge is 0.335 e. The average molecular weight is 266 g/mol. The van der Waals surface area contributed by atoms with E-state index >= 15 is 0 Å². The number of carboxylic acids is 1. The molecule has 1 aliphatic rings. The van der Waals surface area contributed by atoms with Gasteiger partial charge in [0.1, 0.15) is 12.2 Å². The monoisotopic (exact) mass is 266 g/mol. The van der Waals surface area contributed by atoms with Gasteiger partial charge in [0.15, 0.2) is 0 Å². The number of nitrogen functional groups attached to an aromatic ring is 1. The molecule has 0 aliphatic carbocycles. The molecule has 2 atom stereocenters. The van der Waals surface area contributed by atoms with E-state index in [4.69, 9.17) is 20.3 Å². The summed E-state index contributed by atoms with van der Waals surface area (Å²) in [5.74, 6) is -0.982. The van der Waals surface area contributed by atoms with Crippen molar-refractivity contribution in [3.8, 4) is 0 Å². The minimum absolute atomic E-state index is 0.0106. The minimum atomic E-state index is -0.982. The first-order valence-electron chi connectivity index (χ1n) is 6.00. The second-order valence-electron chi connectivity index (χ2n) is 4.53. The van der Waals surface area contributed by atoms with Crippen LogP contribution < -0.4 is 10.6 Å². The highest BCUT2D eigenvalue weighted by Gasteiger charge is 2.33. The summed E-state index contributed by atoms with van der Waals surface area (Å²) in [7, 11) is 3.30. The van der Waals surface area contributed by atoms with Crippen molar-refractivity contribution in [3.63, 3.8) is 0 Å². The van der Waals surface area contributed by atoms with Gasteiger partial charge in [-0.3, -0.25) is 0 Å². The van der Waals surface area contributed by atoms with E-state index in [1.807, 2.05) is 4.90 Å². The van der Waals surface area contributed by atoms with Crippen molar-refractivity contribution < 1.29 is 19.4 Å². The first kappa shape index (κ1) is 13.6. The number of benzene rings is 1. The Morgan fingerprint density at radius 3 is 2.32 bits per heavy atom. The first-order valence-corrected chi connectivity index (χ1v) is 6.00. The van der Waals surface area contributed by atoms with Gasteiger partial charge in [-0.05, 0) is 18.2 Å². The molecule has 0 saturated carbocycles. The summed E-state index contributed by atoms with van der Waals surface area (Å²) >= 11 is 0. The Bertz CT molecular complexity index is 466. The molecule has 0 bridgehead atoms. The first-order chi connectivity index (χ1) is 9.06. The molecule has 2 unspecified atom stereocenters. The number of carbonyl (C=O) groups is 1.